The molecule has 3 rings (SSSR count). The molecule has 1 N–H and O–H groups in total. The van der Waals surface area contributed by atoms with Crippen molar-refractivity contribution in [1.82, 2.24) is 10.2 Å². The van der Waals surface area contributed by atoms with Gasteiger partial charge in [0, 0.05) is 10.9 Å². The van der Waals surface area contributed by atoms with E-state index in [1.54, 1.807) is 24.4 Å². The van der Waals surface area contributed by atoms with Crippen LogP contribution in [-0.4, -0.2) is 21.3 Å². The molecular formula is C13H8N2O2. The average molecular weight is 224 g/mol. The van der Waals surface area contributed by atoms with Crippen molar-refractivity contribution in [3.63, 3.8) is 0 Å². The first-order valence-electron chi connectivity index (χ1n) is 5.13. The molecule has 1 aromatic carbocycles. The van der Waals surface area contributed by atoms with E-state index in [4.69, 9.17) is 5.11 Å². The van der Waals surface area contributed by atoms with Gasteiger partial charge in [0.1, 0.15) is 5.69 Å². The van der Waals surface area contributed by atoms with Gasteiger partial charge in [0.15, 0.2) is 0 Å². The van der Waals surface area contributed by atoms with E-state index in [-0.39, 0.29) is 5.56 Å². The van der Waals surface area contributed by atoms with Crippen molar-refractivity contribution in [2.45, 2.75) is 0 Å². The Morgan fingerprint density at radius 2 is 2.06 bits per heavy atom. The lowest BCUT2D eigenvalue weighted by atomic mass is 10.1. The van der Waals surface area contributed by atoms with E-state index in [0.717, 1.165) is 22.0 Å². The molecule has 4 heteroatoms. The van der Waals surface area contributed by atoms with Crippen LogP contribution in [0.25, 0.3) is 22.0 Å². The van der Waals surface area contributed by atoms with Gasteiger partial charge in [0.25, 0.3) is 0 Å². The molecular weight excluding hydrogens is 216 g/mol. The van der Waals surface area contributed by atoms with Crippen LogP contribution in [0.5, 0.6) is 0 Å². The number of benzene rings is 1. The first kappa shape index (κ1) is 9.72. The number of aromatic nitrogens is 2. The number of carboxylic acid groups (broad SMARTS) is 1. The molecule has 82 valence electrons. The van der Waals surface area contributed by atoms with Gasteiger partial charge in [-0.15, -0.1) is 5.10 Å². The first-order chi connectivity index (χ1) is 8.25. The highest BCUT2D eigenvalue weighted by Crippen LogP contribution is 2.27. The lowest BCUT2D eigenvalue weighted by Crippen LogP contribution is -1.95. The Bertz CT molecular complexity index is 694. The average Bonchev–Trinajstić information content (AvgIpc) is 2.71. The summed E-state index contributed by atoms with van der Waals surface area (Å²) in [5.41, 5.74) is 1.89. The van der Waals surface area contributed by atoms with Crippen LogP contribution < -0.4 is 0 Å². The van der Waals surface area contributed by atoms with Crippen LogP contribution in [0.4, 0.5) is 0 Å². The van der Waals surface area contributed by atoms with E-state index in [1.807, 2.05) is 18.2 Å². The smallest absolute Gasteiger partial charge is 0.335 e. The second-order valence-corrected chi connectivity index (χ2v) is 3.78. The number of carboxylic acids is 1. The fourth-order valence-electron chi connectivity index (χ4n) is 1.89. The monoisotopic (exact) mass is 224 g/mol. The maximum Gasteiger partial charge on any atom is 0.335 e. The van der Waals surface area contributed by atoms with Crippen LogP contribution in [-0.2, 0) is 0 Å². The summed E-state index contributed by atoms with van der Waals surface area (Å²) in [5.74, 6) is -0.939. The zero-order chi connectivity index (χ0) is 11.8. The Morgan fingerprint density at radius 1 is 1.18 bits per heavy atom. The van der Waals surface area contributed by atoms with Crippen molar-refractivity contribution in [3.8, 4) is 11.3 Å². The van der Waals surface area contributed by atoms with Gasteiger partial charge >= 0.3 is 5.97 Å². The molecule has 1 heterocycles. The molecule has 0 saturated carbocycles. The Labute approximate surface area is 96.9 Å². The van der Waals surface area contributed by atoms with E-state index in [1.165, 1.54) is 0 Å². The van der Waals surface area contributed by atoms with E-state index < -0.39 is 5.97 Å². The van der Waals surface area contributed by atoms with Gasteiger partial charge in [-0.2, -0.15) is 5.10 Å². The van der Waals surface area contributed by atoms with E-state index in [2.05, 4.69) is 10.2 Å². The number of fused-ring (bicyclic) bond motifs is 3. The zero-order valence-corrected chi connectivity index (χ0v) is 8.79. The van der Waals surface area contributed by atoms with Crippen LogP contribution in [0.2, 0.25) is 0 Å². The van der Waals surface area contributed by atoms with Gasteiger partial charge in [-0.3, -0.25) is 0 Å². The largest absolute Gasteiger partial charge is 0.478 e. The highest BCUT2D eigenvalue weighted by Gasteiger charge is 2.10. The van der Waals surface area contributed by atoms with Crippen molar-refractivity contribution in [1.29, 1.82) is 0 Å². The Morgan fingerprint density at radius 3 is 2.88 bits per heavy atom. The van der Waals surface area contributed by atoms with Crippen molar-refractivity contribution in [2.24, 2.45) is 0 Å². The molecule has 0 radical (unpaired) electrons. The summed E-state index contributed by atoms with van der Waals surface area (Å²) in [7, 11) is 0. The third kappa shape index (κ3) is 1.50. The molecule has 2 aliphatic rings. The van der Waals surface area contributed by atoms with Crippen molar-refractivity contribution in [3.05, 3.63) is 48.2 Å². The van der Waals surface area contributed by atoms with Gasteiger partial charge in [-0.25, -0.2) is 4.79 Å². The van der Waals surface area contributed by atoms with Gasteiger partial charge in [-0.05, 0) is 17.5 Å². The van der Waals surface area contributed by atoms with Gasteiger partial charge in [0.2, 0.25) is 0 Å². The van der Waals surface area contributed by atoms with Crippen LogP contribution in [0.3, 0.4) is 0 Å². The minimum atomic E-state index is -0.939. The van der Waals surface area contributed by atoms with Gasteiger partial charge in [-0.1, -0.05) is 24.3 Å². The summed E-state index contributed by atoms with van der Waals surface area (Å²) >= 11 is 0. The number of rotatable bonds is 1. The fraction of sp³-hybridized carbons (Fsp3) is 0. The molecule has 0 fully saturated rings. The summed E-state index contributed by atoms with van der Waals surface area (Å²) in [5, 5.41) is 18.7. The number of aromatic carboxylic acids is 1. The molecule has 0 unspecified atom stereocenters. The number of hydrogen-bond acceptors (Lipinski definition) is 3. The fourth-order valence-corrected chi connectivity index (χ4v) is 1.89. The maximum absolute atomic E-state index is 11.0. The number of nitrogens with zero attached hydrogens (tertiary/aromatic N) is 2. The summed E-state index contributed by atoms with van der Waals surface area (Å²) in [4.78, 5) is 11.0. The third-order valence-corrected chi connectivity index (χ3v) is 2.73. The highest BCUT2D eigenvalue weighted by molar-refractivity contribution is 5.99. The highest BCUT2D eigenvalue weighted by atomic mass is 16.4. The van der Waals surface area contributed by atoms with Crippen LogP contribution >= 0.6 is 0 Å². The molecule has 17 heavy (non-hydrogen) atoms. The van der Waals surface area contributed by atoms with E-state index in [0.29, 0.717) is 0 Å². The quantitative estimate of drug-likeness (QED) is 0.689. The Hall–Kier alpha value is -2.49. The lowest BCUT2D eigenvalue weighted by Gasteiger charge is -1.98. The normalized spacial score (nSPS) is 10.8. The second kappa shape index (κ2) is 3.52. The second-order valence-electron chi connectivity index (χ2n) is 3.78. The lowest BCUT2D eigenvalue weighted by molar-refractivity contribution is 0.0697. The Balaban J connectivity index is 2.43. The molecule has 4 nitrogen and oxygen atoms in total. The molecule has 0 atom stereocenters. The molecule has 0 saturated heterocycles. The van der Waals surface area contributed by atoms with Crippen molar-refractivity contribution < 1.29 is 9.90 Å². The summed E-state index contributed by atoms with van der Waals surface area (Å²) < 4.78 is 0. The minimum absolute atomic E-state index is 0.257. The summed E-state index contributed by atoms with van der Waals surface area (Å²) in [6.45, 7) is 0. The molecule has 0 bridgehead atoms. The SMILES string of the molecule is O=C(O)c1ccc2cccc3cnnc-3c2c1. The van der Waals surface area contributed by atoms with Crippen molar-refractivity contribution in [2.75, 3.05) is 0 Å². The van der Waals surface area contributed by atoms with Gasteiger partial charge in [0.05, 0.1) is 11.8 Å². The van der Waals surface area contributed by atoms with Crippen LogP contribution in [0.1, 0.15) is 10.4 Å². The van der Waals surface area contributed by atoms with Gasteiger partial charge < -0.3 is 5.11 Å². The van der Waals surface area contributed by atoms with Crippen LogP contribution in [0, 0.1) is 0 Å². The zero-order valence-electron chi connectivity index (χ0n) is 8.79. The minimum Gasteiger partial charge on any atom is -0.478 e. The van der Waals surface area contributed by atoms with Crippen LogP contribution in [0.15, 0.2) is 42.6 Å². The van der Waals surface area contributed by atoms with E-state index >= 15 is 0 Å². The molecule has 1 aromatic rings. The number of carbonyl (C=O) groups is 1. The first-order valence-corrected chi connectivity index (χ1v) is 5.13. The molecule has 0 amide bonds. The third-order valence-electron chi connectivity index (χ3n) is 2.73. The maximum atomic E-state index is 11.0. The number of hydrogen-bond donors (Lipinski definition) is 1. The standard InChI is InChI=1S/C13H8N2O2/c16-13(17)9-5-4-8-2-1-3-10-7-14-15-12(10)11(8)6-9/h1-7H,(H,16,17). The Kier molecular flexibility index (Phi) is 2.01. The topological polar surface area (TPSA) is 63.1 Å². The predicted octanol–water partition coefficient (Wildman–Crippen LogP) is 2.43. The molecule has 1 aliphatic carbocycles. The van der Waals surface area contributed by atoms with Crippen molar-refractivity contribution >= 4 is 16.7 Å². The molecule has 1 aliphatic heterocycles. The molecule has 0 aromatic heterocycles. The predicted molar refractivity (Wildman–Crippen MR) is 63.1 cm³/mol. The molecule has 0 spiro atoms. The summed E-state index contributed by atoms with van der Waals surface area (Å²) in [6, 6.07) is 10.8. The summed E-state index contributed by atoms with van der Waals surface area (Å²) in [6.07, 6.45) is 1.67. The van der Waals surface area contributed by atoms with E-state index in [9.17, 15) is 4.79 Å².